The molecular weight excluding hydrogens is 341 g/mol. The Bertz CT molecular complexity index is 858. The van der Waals surface area contributed by atoms with E-state index in [2.05, 4.69) is 5.32 Å². The van der Waals surface area contributed by atoms with Crippen LogP contribution in [0.25, 0.3) is 5.69 Å². The van der Waals surface area contributed by atoms with Crippen LogP contribution in [0.3, 0.4) is 0 Å². The molecular formula is C16H13F3N2O4. The number of carboxylic acid groups (broad SMARTS) is 1. The van der Waals surface area contributed by atoms with Crippen molar-refractivity contribution in [3.05, 3.63) is 41.7 Å². The van der Waals surface area contributed by atoms with Gasteiger partial charge in [-0.3, -0.25) is 4.79 Å². The lowest BCUT2D eigenvalue weighted by Crippen LogP contribution is -2.33. The van der Waals surface area contributed by atoms with Crippen molar-refractivity contribution >= 4 is 17.6 Å². The molecule has 2 N–H and O–H groups in total. The second kappa shape index (κ2) is 5.83. The fourth-order valence-corrected chi connectivity index (χ4v) is 2.87. The molecule has 0 fully saturated rings. The van der Waals surface area contributed by atoms with Crippen molar-refractivity contribution in [2.75, 3.05) is 12.4 Å². The molecule has 1 amide bonds. The maximum atomic E-state index is 13.5. The third-order valence-electron chi connectivity index (χ3n) is 3.98. The summed E-state index contributed by atoms with van der Waals surface area (Å²) < 4.78 is 46.6. The SMILES string of the molecule is COc1cccc(-n2cc(C(=O)O)c3c2C(C(F)(F)F)CC(=O)N3)c1. The summed E-state index contributed by atoms with van der Waals surface area (Å²) in [5, 5.41) is 11.6. The number of carbonyl (C=O) groups is 2. The minimum Gasteiger partial charge on any atom is -0.497 e. The van der Waals surface area contributed by atoms with Crippen molar-refractivity contribution in [1.29, 1.82) is 0 Å². The highest BCUT2D eigenvalue weighted by Crippen LogP contribution is 2.46. The Morgan fingerprint density at radius 1 is 1.40 bits per heavy atom. The number of amides is 1. The molecule has 0 bridgehead atoms. The number of hydrogen-bond acceptors (Lipinski definition) is 3. The van der Waals surface area contributed by atoms with E-state index in [1.807, 2.05) is 0 Å². The van der Waals surface area contributed by atoms with Crippen LogP contribution in [0.4, 0.5) is 18.9 Å². The van der Waals surface area contributed by atoms with E-state index in [0.717, 1.165) is 10.8 Å². The van der Waals surface area contributed by atoms with Gasteiger partial charge in [0.2, 0.25) is 5.91 Å². The third kappa shape index (κ3) is 2.92. The maximum absolute atomic E-state index is 13.5. The van der Waals surface area contributed by atoms with Gasteiger partial charge in [0.05, 0.1) is 18.5 Å². The molecule has 9 heteroatoms. The van der Waals surface area contributed by atoms with Crippen LogP contribution in [-0.4, -0.2) is 34.8 Å². The maximum Gasteiger partial charge on any atom is 0.397 e. The van der Waals surface area contributed by atoms with Gasteiger partial charge in [-0.1, -0.05) is 6.07 Å². The largest absolute Gasteiger partial charge is 0.497 e. The van der Waals surface area contributed by atoms with Gasteiger partial charge in [0.25, 0.3) is 0 Å². The molecule has 0 aliphatic carbocycles. The number of halogens is 3. The number of alkyl halides is 3. The van der Waals surface area contributed by atoms with Crippen LogP contribution >= 0.6 is 0 Å². The van der Waals surface area contributed by atoms with E-state index in [9.17, 15) is 27.9 Å². The minimum absolute atomic E-state index is 0.300. The van der Waals surface area contributed by atoms with Crippen LogP contribution < -0.4 is 10.1 Å². The normalized spacial score (nSPS) is 17.0. The highest BCUT2D eigenvalue weighted by atomic mass is 19.4. The van der Waals surface area contributed by atoms with E-state index in [4.69, 9.17) is 4.74 Å². The summed E-state index contributed by atoms with van der Waals surface area (Å²) in [5.41, 5.74) is -0.736. The van der Waals surface area contributed by atoms with Gasteiger partial charge in [0.1, 0.15) is 17.2 Å². The predicted molar refractivity (Wildman–Crippen MR) is 81.3 cm³/mol. The van der Waals surface area contributed by atoms with Crippen LogP contribution in [0.1, 0.15) is 28.4 Å². The topological polar surface area (TPSA) is 80.6 Å². The van der Waals surface area contributed by atoms with E-state index < -0.39 is 36.0 Å². The Morgan fingerprint density at radius 3 is 2.72 bits per heavy atom. The summed E-state index contributed by atoms with van der Waals surface area (Å²) in [6.45, 7) is 0. The lowest BCUT2D eigenvalue weighted by molar-refractivity contribution is -0.157. The summed E-state index contributed by atoms with van der Waals surface area (Å²) >= 11 is 0. The van der Waals surface area contributed by atoms with E-state index >= 15 is 0 Å². The molecule has 25 heavy (non-hydrogen) atoms. The first-order valence-electron chi connectivity index (χ1n) is 7.22. The fourth-order valence-electron chi connectivity index (χ4n) is 2.87. The zero-order valence-corrected chi connectivity index (χ0v) is 12.9. The first kappa shape index (κ1) is 16.9. The molecule has 2 heterocycles. The molecule has 3 rings (SSSR count). The number of aromatic carboxylic acids is 1. The van der Waals surface area contributed by atoms with Gasteiger partial charge in [-0.15, -0.1) is 0 Å². The Morgan fingerprint density at radius 2 is 2.12 bits per heavy atom. The molecule has 2 aromatic rings. The van der Waals surface area contributed by atoms with Crippen molar-refractivity contribution in [2.24, 2.45) is 0 Å². The molecule has 1 aromatic heterocycles. The lowest BCUT2D eigenvalue weighted by Gasteiger charge is -2.27. The summed E-state index contributed by atoms with van der Waals surface area (Å²) in [5.74, 6) is -4.00. The van der Waals surface area contributed by atoms with Crippen LogP contribution in [0.2, 0.25) is 0 Å². The van der Waals surface area contributed by atoms with Gasteiger partial charge in [-0.2, -0.15) is 13.2 Å². The van der Waals surface area contributed by atoms with Gasteiger partial charge < -0.3 is 19.7 Å². The van der Waals surface area contributed by atoms with Crippen LogP contribution in [0, 0.1) is 0 Å². The predicted octanol–water partition coefficient (Wildman–Crippen LogP) is 3.17. The number of benzene rings is 1. The molecule has 1 unspecified atom stereocenters. The van der Waals surface area contributed by atoms with Crippen molar-refractivity contribution in [1.82, 2.24) is 4.57 Å². The van der Waals surface area contributed by atoms with E-state index in [-0.39, 0.29) is 11.4 Å². The zero-order chi connectivity index (χ0) is 18.4. The standard InChI is InChI=1S/C16H13F3N2O4/c1-25-9-4-2-3-8(5-9)21-7-10(15(23)24)13-14(21)11(16(17,18)19)6-12(22)20-13/h2-5,7,11H,6H2,1H3,(H,20,22)(H,23,24). The van der Waals surface area contributed by atoms with Gasteiger partial charge in [0.15, 0.2) is 0 Å². The number of carbonyl (C=O) groups excluding carboxylic acids is 1. The summed E-state index contributed by atoms with van der Waals surface area (Å²) in [7, 11) is 1.41. The number of ether oxygens (including phenoxy) is 1. The molecule has 0 saturated carbocycles. The number of hydrogen-bond donors (Lipinski definition) is 2. The van der Waals surface area contributed by atoms with Crippen molar-refractivity contribution in [3.8, 4) is 11.4 Å². The zero-order valence-electron chi connectivity index (χ0n) is 12.9. The average molecular weight is 354 g/mol. The number of anilines is 1. The molecule has 0 radical (unpaired) electrons. The fraction of sp³-hybridized carbons (Fsp3) is 0.250. The van der Waals surface area contributed by atoms with Crippen molar-refractivity contribution < 1.29 is 32.6 Å². The van der Waals surface area contributed by atoms with E-state index in [1.165, 1.54) is 19.2 Å². The van der Waals surface area contributed by atoms with E-state index in [0.29, 0.717) is 11.4 Å². The average Bonchev–Trinajstić information content (AvgIpc) is 2.92. The smallest absolute Gasteiger partial charge is 0.397 e. The molecule has 1 aromatic carbocycles. The van der Waals surface area contributed by atoms with Gasteiger partial charge in [-0.05, 0) is 12.1 Å². The Kier molecular flexibility index (Phi) is 3.94. The highest BCUT2D eigenvalue weighted by Gasteiger charge is 2.48. The molecule has 0 saturated heterocycles. The monoisotopic (exact) mass is 354 g/mol. The minimum atomic E-state index is -4.70. The van der Waals surface area contributed by atoms with Crippen LogP contribution in [0.5, 0.6) is 5.75 Å². The Balaban J connectivity index is 2.28. The molecule has 1 aliphatic heterocycles. The highest BCUT2D eigenvalue weighted by molar-refractivity contribution is 6.03. The molecule has 6 nitrogen and oxygen atoms in total. The third-order valence-corrected chi connectivity index (χ3v) is 3.98. The number of methoxy groups -OCH3 is 1. The number of fused-ring (bicyclic) bond motifs is 1. The van der Waals surface area contributed by atoms with Gasteiger partial charge >= 0.3 is 12.1 Å². The van der Waals surface area contributed by atoms with Gasteiger partial charge in [0, 0.05) is 24.4 Å². The second-order valence-electron chi connectivity index (χ2n) is 5.53. The number of carboxylic acids is 1. The first-order valence-corrected chi connectivity index (χ1v) is 7.22. The van der Waals surface area contributed by atoms with Crippen molar-refractivity contribution in [2.45, 2.75) is 18.5 Å². The Hall–Kier alpha value is -2.97. The molecule has 132 valence electrons. The molecule has 1 aliphatic rings. The van der Waals surface area contributed by atoms with Crippen LogP contribution in [0.15, 0.2) is 30.5 Å². The van der Waals surface area contributed by atoms with Crippen LogP contribution in [-0.2, 0) is 4.79 Å². The number of nitrogens with one attached hydrogen (secondary N) is 1. The Labute approximate surface area is 139 Å². The first-order chi connectivity index (χ1) is 11.7. The number of nitrogens with zero attached hydrogens (tertiary/aromatic N) is 1. The summed E-state index contributed by atoms with van der Waals surface area (Å²) in [4.78, 5) is 23.1. The van der Waals surface area contributed by atoms with E-state index in [1.54, 1.807) is 12.1 Å². The molecule has 0 spiro atoms. The van der Waals surface area contributed by atoms with Gasteiger partial charge in [-0.25, -0.2) is 4.79 Å². The number of rotatable bonds is 3. The lowest BCUT2D eigenvalue weighted by atomic mass is 9.94. The second-order valence-corrected chi connectivity index (χ2v) is 5.53. The summed E-state index contributed by atoms with van der Waals surface area (Å²) in [6.07, 6.45) is -4.42. The van der Waals surface area contributed by atoms with Crippen molar-refractivity contribution in [3.63, 3.8) is 0 Å². The number of aromatic nitrogens is 1. The summed E-state index contributed by atoms with van der Waals surface area (Å²) in [6, 6.07) is 6.19. The molecule has 1 atom stereocenters. The quantitative estimate of drug-likeness (QED) is 0.887.